The average molecular weight is 321 g/mol. The Bertz CT molecular complexity index is 496. The highest BCUT2D eigenvalue weighted by Gasteiger charge is 2.22. The predicted octanol–water partition coefficient (Wildman–Crippen LogP) is 3.02. The highest BCUT2D eigenvalue weighted by molar-refractivity contribution is 5.83. The van der Waals surface area contributed by atoms with E-state index in [1.54, 1.807) is 13.8 Å². The Morgan fingerprint density at radius 1 is 1.22 bits per heavy atom. The molecule has 0 saturated carbocycles. The molecule has 5 nitrogen and oxygen atoms in total. The van der Waals surface area contributed by atoms with Crippen molar-refractivity contribution in [3.63, 3.8) is 0 Å². The SMILES string of the molecule is CCCCOc1ccc(CCC(=O)NC(C(=O)O)C(C)C)cc1. The lowest BCUT2D eigenvalue weighted by molar-refractivity contribution is -0.143. The number of amides is 1. The molecule has 0 radical (unpaired) electrons. The first-order valence-corrected chi connectivity index (χ1v) is 8.18. The number of ether oxygens (including phenoxy) is 1. The Labute approximate surface area is 138 Å². The van der Waals surface area contributed by atoms with Crippen molar-refractivity contribution in [2.45, 2.75) is 52.5 Å². The van der Waals surface area contributed by atoms with Crippen molar-refractivity contribution in [2.75, 3.05) is 6.61 Å². The normalized spacial score (nSPS) is 12.0. The maximum atomic E-state index is 11.9. The third kappa shape index (κ3) is 7.17. The van der Waals surface area contributed by atoms with Crippen molar-refractivity contribution in [3.8, 4) is 5.75 Å². The van der Waals surface area contributed by atoms with Crippen LogP contribution in [0.5, 0.6) is 5.75 Å². The topological polar surface area (TPSA) is 75.6 Å². The summed E-state index contributed by atoms with van der Waals surface area (Å²) < 4.78 is 5.59. The van der Waals surface area contributed by atoms with Crippen molar-refractivity contribution in [1.29, 1.82) is 0 Å². The number of hydrogen-bond donors (Lipinski definition) is 2. The van der Waals surface area contributed by atoms with Gasteiger partial charge in [0.05, 0.1) is 6.61 Å². The summed E-state index contributed by atoms with van der Waals surface area (Å²) in [6.45, 7) is 6.38. The molecule has 0 aliphatic heterocycles. The maximum absolute atomic E-state index is 11.9. The van der Waals surface area contributed by atoms with Crippen LogP contribution in [0.2, 0.25) is 0 Å². The number of aryl methyl sites for hydroxylation is 1. The van der Waals surface area contributed by atoms with Crippen molar-refractivity contribution in [2.24, 2.45) is 5.92 Å². The fraction of sp³-hybridized carbons (Fsp3) is 0.556. The first-order valence-electron chi connectivity index (χ1n) is 8.18. The minimum atomic E-state index is -0.998. The number of benzene rings is 1. The molecular formula is C18H27NO4. The number of hydrogen-bond acceptors (Lipinski definition) is 3. The van der Waals surface area contributed by atoms with E-state index in [1.807, 2.05) is 24.3 Å². The molecule has 128 valence electrons. The zero-order chi connectivity index (χ0) is 17.2. The zero-order valence-electron chi connectivity index (χ0n) is 14.2. The Balaban J connectivity index is 2.42. The molecule has 0 spiro atoms. The lowest BCUT2D eigenvalue weighted by atomic mass is 10.0. The molecule has 23 heavy (non-hydrogen) atoms. The van der Waals surface area contributed by atoms with Gasteiger partial charge in [0.2, 0.25) is 5.91 Å². The Morgan fingerprint density at radius 2 is 1.87 bits per heavy atom. The van der Waals surface area contributed by atoms with E-state index in [-0.39, 0.29) is 18.2 Å². The monoisotopic (exact) mass is 321 g/mol. The number of nitrogens with one attached hydrogen (secondary N) is 1. The molecule has 0 aliphatic carbocycles. The predicted molar refractivity (Wildman–Crippen MR) is 89.6 cm³/mol. The Morgan fingerprint density at radius 3 is 2.39 bits per heavy atom. The third-order valence-corrected chi connectivity index (χ3v) is 3.58. The van der Waals surface area contributed by atoms with E-state index in [1.165, 1.54) is 0 Å². The van der Waals surface area contributed by atoms with Gasteiger partial charge >= 0.3 is 5.97 Å². The second kappa shape index (κ2) is 9.87. The summed E-state index contributed by atoms with van der Waals surface area (Å²) in [5.41, 5.74) is 1.03. The van der Waals surface area contributed by atoms with E-state index in [2.05, 4.69) is 12.2 Å². The second-order valence-corrected chi connectivity index (χ2v) is 5.97. The smallest absolute Gasteiger partial charge is 0.326 e. The van der Waals surface area contributed by atoms with E-state index in [0.717, 1.165) is 24.2 Å². The summed E-state index contributed by atoms with van der Waals surface area (Å²) in [7, 11) is 0. The van der Waals surface area contributed by atoms with Crippen LogP contribution in [0.25, 0.3) is 0 Å². The van der Waals surface area contributed by atoms with E-state index >= 15 is 0 Å². The molecule has 1 atom stereocenters. The minimum absolute atomic E-state index is 0.143. The molecule has 1 unspecified atom stereocenters. The van der Waals surface area contributed by atoms with Gasteiger partial charge in [-0.15, -0.1) is 0 Å². The summed E-state index contributed by atoms with van der Waals surface area (Å²) in [5.74, 6) is -0.551. The molecule has 0 fully saturated rings. The molecular weight excluding hydrogens is 294 g/mol. The Hall–Kier alpha value is -2.04. The molecule has 0 saturated heterocycles. The third-order valence-electron chi connectivity index (χ3n) is 3.58. The van der Waals surface area contributed by atoms with Crippen LogP contribution in [0.1, 0.15) is 45.6 Å². The maximum Gasteiger partial charge on any atom is 0.326 e. The van der Waals surface area contributed by atoms with Crippen LogP contribution in [0.3, 0.4) is 0 Å². The summed E-state index contributed by atoms with van der Waals surface area (Å²) in [5, 5.41) is 11.6. The van der Waals surface area contributed by atoms with Crippen molar-refractivity contribution < 1.29 is 19.4 Å². The van der Waals surface area contributed by atoms with Gasteiger partial charge in [-0.3, -0.25) is 4.79 Å². The molecule has 2 N–H and O–H groups in total. The van der Waals surface area contributed by atoms with Gasteiger partial charge in [0.15, 0.2) is 0 Å². The molecule has 1 aromatic carbocycles. The van der Waals surface area contributed by atoms with Crippen molar-refractivity contribution in [3.05, 3.63) is 29.8 Å². The van der Waals surface area contributed by atoms with E-state index < -0.39 is 12.0 Å². The van der Waals surface area contributed by atoms with Crippen LogP contribution in [0, 0.1) is 5.92 Å². The highest BCUT2D eigenvalue weighted by Crippen LogP contribution is 2.14. The fourth-order valence-electron chi connectivity index (χ4n) is 2.10. The van der Waals surface area contributed by atoms with Gasteiger partial charge in [0, 0.05) is 6.42 Å². The van der Waals surface area contributed by atoms with Gasteiger partial charge in [-0.2, -0.15) is 0 Å². The highest BCUT2D eigenvalue weighted by atomic mass is 16.5. The first-order chi connectivity index (χ1) is 10.9. The molecule has 0 aliphatic rings. The van der Waals surface area contributed by atoms with E-state index in [4.69, 9.17) is 9.84 Å². The van der Waals surface area contributed by atoms with E-state index in [0.29, 0.717) is 13.0 Å². The summed E-state index contributed by atoms with van der Waals surface area (Å²) >= 11 is 0. The molecule has 0 aromatic heterocycles. The van der Waals surface area contributed by atoms with Gasteiger partial charge in [0.1, 0.15) is 11.8 Å². The fourth-order valence-corrected chi connectivity index (χ4v) is 2.10. The number of rotatable bonds is 10. The van der Waals surface area contributed by atoms with Crippen LogP contribution >= 0.6 is 0 Å². The largest absolute Gasteiger partial charge is 0.494 e. The average Bonchev–Trinajstić information content (AvgIpc) is 2.51. The number of carboxylic acids is 1. The number of aliphatic carboxylic acids is 1. The van der Waals surface area contributed by atoms with E-state index in [9.17, 15) is 9.59 Å². The van der Waals surface area contributed by atoms with Gasteiger partial charge in [-0.1, -0.05) is 39.3 Å². The van der Waals surface area contributed by atoms with Crippen LogP contribution in [-0.4, -0.2) is 29.6 Å². The van der Waals surface area contributed by atoms with Crippen LogP contribution in [-0.2, 0) is 16.0 Å². The quantitative estimate of drug-likeness (QED) is 0.650. The van der Waals surface area contributed by atoms with Crippen LogP contribution < -0.4 is 10.1 Å². The summed E-state index contributed by atoms with van der Waals surface area (Å²) in [4.78, 5) is 22.9. The number of carbonyl (C=O) groups excluding carboxylic acids is 1. The number of carboxylic acid groups (broad SMARTS) is 1. The number of unbranched alkanes of at least 4 members (excludes halogenated alkanes) is 1. The van der Waals surface area contributed by atoms with Crippen LogP contribution in [0.15, 0.2) is 24.3 Å². The first kappa shape index (κ1) is 19.0. The minimum Gasteiger partial charge on any atom is -0.494 e. The molecule has 5 heteroatoms. The van der Waals surface area contributed by atoms with Gasteiger partial charge in [0.25, 0.3) is 0 Å². The lowest BCUT2D eigenvalue weighted by Crippen LogP contribution is -2.44. The summed E-state index contributed by atoms with van der Waals surface area (Å²) in [6, 6.07) is 6.84. The molecule has 0 heterocycles. The Kier molecular flexibility index (Phi) is 8.16. The second-order valence-electron chi connectivity index (χ2n) is 5.97. The van der Waals surface area contributed by atoms with Crippen molar-refractivity contribution in [1.82, 2.24) is 5.32 Å². The molecule has 1 rings (SSSR count). The molecule has 1 amide bonds. The van der Waals surface area contributed by atoms with Crippen molar-refractivity contribution >= 4 is 11.9 Å². The van der Waals surface area contributed by atoms with Gasteiger partial charge in [-0.05, 0) is 36.5 Å². The lowest BCUT2D eigenvalue weighted by Gasteiger charge is -2.17. The van der Waals surface area contributed by atoms with Crippen LogP contribution in [0.4, 0.5) is 0 Å². The van der Waals surface area contributed by atoms with Gasteiger partial charge < -0.3 is 15.2 Å². The number of carbonyl (C=O) groups is 2. The molecule has 0 bridgehead atoms. The summed E-state index contributed by atoms with van der Waals surface area (Å²) in [6.07, 6.45) is 2.97. The molecule has 1 aromatic rings. The van der Waals surface area contributed by atoms with Gasteiger partial charge in [-0.25, -0.2) is 4.79 Å². The zero-order valence-corrected chi connectivity index (χ0v) is 14.2. The standard InChI is InChI=1S/C18H27NO4/c1-4-5-12-23-15-9-6-14(7-10-15)8-11-16(20)19-17(13(2)3)18(21)22/h6-7,9-10,13,17H,4-5,8,11-12H2,1-3H3,(H,19,20)(H,21,22).